The van der Waals surface area contributed by atoms with Gasteiger partial charge in [0.25, 0.3) is 0 Å². The first-order valence-electron chi connectivity index (χ1n) is 7.21. The SMILES string of the molecule is O=C(CS(=O)(=O)C1CCCCC1)c1ccc2c(c1)OCO2. The summed E-state index contributed by atoms with van der Waals surface area (Å²) in [5.41, 5.74) is 0.360. The van der Waals surface area contributed by atoms with Crippen molar-refractivity contribution in [1.82, 2.24) is 0 Å². The van der Waals surface area contributed by atoms with Gasteiger partial charge in [-0.05, 0) is 31.0 Å². The Kier molecular flexibility index (Phi) is 3.89. The summed E-state index contributed by atoms with van der Waals surface area (Å²) in [6.45, 7) is 0.132. The molecule has 5 nitrogen and oxygen atoms in total. The van der Waals surface area contributed by atoms with E-state index >= 15 is 0 Å². The van der Waals surface area contributed by atoms with Crippen LogP contribution in [0, 0.1) is 0 Å². The molecule has 114 valence electrons. The zero-order valence-corrected chi connectivity index (χ0v) is 12.5. The zero-order valence-electron chi connectivity index (χ0n) is 11.7. The molecule has 0 amide bonds. The van der Waals surface area contributed by atoms with Crippen molar-refractivity contribution in [3.8, 4) is 11.5 Å². The van der Waals surface area contributed by atoms with Crippen LogP contribution >= 0.6 is 0 Å². The van der Waals surface area contributed by atoms with Crippen LogP contribution in [-0.4, -0.2) is 32.0 Å². The maximum atomic E-state index is 12.3. The monoisotopic (exact) mass is 310 g/mol. The molecule has 1 fully saturated rings. The van der Waals surface area contributed by atoms with Crippen LogP contribution in [0.2, 0.25) is 0 Å². The molecular formula is C15H18O5S. The third-order valence-corrected chi connectivity index (χ3v) is 6.24. The standard InChI is InChI=1S/C15H18O5S/c16-13(9-21(17,18)12-4-2-1-3-5-12)11-6-7-14-15(8-11)20-10-19-14/h6-8,12H,1-5,9-10H2. The minimum absolute atomic E-state index is 0.132. The quantitative estimate of drug-likeness (QED) is 0.798. The highest BCUT2D eigenvalue weighted by atomic mass is 32.2. The largest absolute Gasteiger partial charge is 0.454 e. The van der Waals surface area contributed by atoms with Gasteiger partial charge in [0.15, 0.2) is 27.1 Å². The highest BCUT2D eigenvalue weighted by Gasteiger charge is 2.30. The van der Waals surface area contributed by atoms with Crippen LogP contribution in [0.5, 0.6) is 11.5 Å². The minimum Gasteiger partial charge on any atom is -0.454 e. The molecule has 1 saturated carbocycles. The summed E-state index contributed by atoms with van der Waals surface area (Å²) < 4.78 is 35.0. The topological polar surface area (TPSA) is 69.7 Å². The lowest BCUT2D eigenvalue weighted by Crippen LogP contribution is -2.29. The number of fused-ring (bicyclic) bond motifs is 1. The summed E-state index contributed by atoms with van der Waals surface area (Å²) in [5, 5.41) is -0.357. The van der Waals surface area contributed by atoms with E-state index in [4.69, 9.17) is 9.47 Å². The van der Waals surface area contributed by atoms with E-state index in [0.29, 0.717) is 29.9 Å². The molecule has 0 spiro atoms. The number of carbonyl (C=O) groups excluding carboxylic acids is 1. The van der Waals surface area contributed by atoms with Gasteiger partial charge in [0.2, 0.25) is 6.79 Å². The maximum absolute atomic E-state index is 12.3. The van der Waals surface area contributed by atoms with E-state index in [1.54, 1.807) is 18.2 Å². The van der Waals surface area contributed by atoms with Crippen molar-refractivity contribution in [2.75, 3.05) is 12.5 Å². The summed E-state index contributed by atoms with van der Waals surface area (Å²) in [5.74, 6) is 0.286. The molecule has 2 aliphatic rings. The number of Topliss-reactive ketones (excluding diaryl/α,β-unsaturated/α-hetero) is 1. The van der Waals surface area contributed by atoms with Gasteiger partial charge in [-0.2, -0.15) is 0 Å². The molecule has 6 heteroatoms. The molecule has 0 bridgehead atoms. The molecular weight excluding hydrogens is 292 g/mol. The van der Waals surface area contributed by atoms with Crippen LogP contribution in [0.4, 0.5) is 0 Å². The highest BCUT2D eigenvalue weighted by molar-refractivity contribution is 7.92. The van der Waals surface area contributed by atoms with Gasteiger partial charge >= 0.3 is 0 Å². The Morgan fingerprint density at radius 3 is 2.57 bits per heavy atom. The third-order valence-electron chi connectivity index (χ3n) is 4.09. The van der Waals surface area contributed by atoms with Gasteiger partial charge < -0.3 is 9.47 Å². The van der Waals surface area contributed by atoms with E-state index < -0.39 is 15.6 Å². The fourth-order valence-electron chi connectivity index (χ4n) is 2.88. The average molecular weight is 310 g/mol. The Morgan fingerprint density at radius 2 is 1.81 bits per heavy atom. The van der Waals surface area contributed by atoms with Crippen LogP contribution in [0.1, 0.15) is 42.5 Å². The first kappa shape index (κ1) is 14.4. The first-order chi connectivity index (χ1) is 10.1. The Labute approximate surface area is 124 Å². The number of hydrogen-bond donors (Lipinski definition) is 0. The summed E-state index contributed by atoms with van der Waals surface area (Å²) in [4.78, 5) is 12.2. The van der Waals surface area contributed by atoms with Gasteiger partial charge in [0, 0.05) is 5.56 Å². The van der Waals surface area contributed by atoms with E-state index in [-0.39, 0.29) is 17.8 Å². The molecule has 0 radical (unpaired) electrons. The lowest BCUT2D eigenvalue weighted by Gasteiger charge is -2.21. The molecule has 3 rings (SSSR count). The number of benzene rings is 1. The first-order valence-corrected chi connectivity index (χ1v) is 8.92. The number of ether oxygens (including phenoxy) is 2. The molecule has 21 heavy (non-hydrogen) atoms. The van der Waals surface area contributed by atoms with Gasteiger partial charge in [-0.1, -0.05) is 19.3 Å². The van der Waals surface area contributed by atoms with E-state index in [1.807, 2.05) is 0 Å². The second-order valence-corrected chi connectivity index (χ2v) is 7.84. The van der Waals surface area contributed by atoms with Crippen molar-refractivity contribution < 1.29 is 22.7 Å². The normalized spacial score (nSPS) is 18.7. The Bertz CT molecular complexity index is 644. The van der Waals surface area contributed by atoms with Crippen molar-refractivity contribution in [1.29, 1.82) is 0 Å². The minimum atomic E-state index is -3.37. The molecule has 1 aromatic carbocycles. The number of hydrogen-bond acceptors (Lipinski definition) is 5. The molecule has 0 atom stereocenters. The van der Waals surface area contributed by atoms with Gasteiger partial charge in [-0.15, -0.1) is 0 Å². The summed E-state index contributed by atoms with van der Waals surface area (Å²) in [7, 11) is -3.37. The van der Waals surface area contributed by atoms with Crippen LogP contribution in [0.3, 0.4) is 0 Å². The molecule has 1 aliphatic heterocycles. The smallest absolute Gasteiger partial charge is 0.231 e. The van der Waals surface area contributed by atoms with Gasteiger partial charge in [0.05, 0.1) is 5.25 Å². The Morgan fingerprint density at radius 1 is 1.10 bits per heavy atom. The van der Waals surface area contributed by atoms with E-state index in [1.165, 1.54) is 0 Å². The number of carbonyl (C=O) groups is 1. The predicted octanol–water partition coefficient (Wildman–Crippen LogP) is 2.35. The van der Waals surface area contributed by atoms with E-state index in [9.17, 15) is 13.2 Å². The second-order valence-electron chi connectivity index (χ2n) is 5.56. The van der Waals surface area contributed by atoms with Crippen molar-refractivity contribution in [2.24, 2.45) is 0 Å². The van der Waals surface area contributed by atoms with E-state index in [0.717, 1.165) is 19.3 Å². The Hall–Kier alpha value is -1.56. The molecule has 1 aliphatic carbocycles. The number of ketones is 1. The fourth-order valence-corrected chi connectivity index (χ4v) is 4.70. The Balaban J connectivity index is 1.73. The summed E-state index contributed by atoms with van der Waals surface area (Å²) in [6, 6.07) is 4.79. The maximum Gasteiger partial charge on any atom is 0.231 e. The van der Waals surface area contributed by atoms with E-state index in [2.05, 4.69) is 0 Å². The molecule has 0 aromatic heterocycles. The fraction of sp³-hybridized carbons (Fsp3) is 0.533. The van der Waals surface area contributed by atoms with Crippen molar-refractivity contribution in [2.45, 2.75) is 37.4 Å². The molecule has 1 aromatic rings. The average Bonchev–Trinajstić information content (AvgIpc) is 2.95. The van der Waals surface area contributed by atoms with Crippen LogP contribution in [0.25, 0.3) is 0 Å². The van der Waals surface area contributed by atoms with Gasteiger partial charge in [-0.25, -0.2) is 8.42 Å². The second kappa shape index (κ2) is 5.67. The van der Waals surface area contributed by atoms with Crippen LogP contribution < -0.4 is 9.47 Å². The molecule has 0 saturated heterocycles. The van der Waals surface area contributed by atoms with Crippen LogP contribution in [0.15, 0.2) is 18.2 Å². The highest BCUT2D eigenvalue weighted by Crippen LogP contribution is 2.33. The lowest BCUT2D eigenvalue weighted by molar-refractivity contribution is 0.102. The van der Waals surface area contributed by atoms with Crippen molar-refractivity contribution >= 4 is 15.6 Å². The number of rotatable bonds is 4. The van der Waals surface area contributed by atoms with Crippen LogP contribution in [-0.2, 0) is 9.84 Å². The summed E-state index contributed by atoms with van der Waals surface area (Å²) >= 11 is 0. The third kappa shape index (κ3) is 3.05. The predicted molar refractivity (Wildman–Crippen MR) is 77.6 cm³/mol. The number of sulfone groups is 1. The van der Waals surface area contributed by atoms with Crippen molar-refractivity contribution in [3.63, 3.8) is 0 Å². The molecule has 1 heterocycles. The van der Waals surface area contributed by atoms with Gasteiger partial charge in [0.1, 0.15) is 5.75 Å². The molecule has 0 unspecified atom stereocenters. The molecule has 0 N–H and O–H groups in total. The van der Waals surface area contributed by atoms with Crippen molar-refractivity contribution in [3.05, 3.63) is 23.8 Å². The lowest BCUT2D eigenvalue weighted by atomic mass is 10.0. The van der Waals surface area contributed by atoms with Gasteiger partial charge in [-0.3, -0.25) is 4.79 Å². The summed E-state index contributed by atoms with van der Waals surface area (Å²) in [6.07, 6.45) is 4.31. The zero-order chi connectivity index (χ0) is 14.9.